The van der Waals surface area contributed by atoms with Gasteiger partial charge in [-0.2, -0.15) is 0 Å². The van der Waals surface area contributed by atoms with Gasteiger partial charge in [-0.05, 0) is 49.2 Å². The Morgan fingerprint density at radius 2 is 1.77 bits per heavy atom. The molecule has 0 spiro atoms. The Balaban J connectivity index is 1.34. The number of amides is 2. The fourth-order valence-electron chi connectivity index (χ4n) is 3.55. The second-order valence-corrected chi connectivity index (χ2v) is 7.21. The van der Waals surface area contributed by atoms with Crippen molar-refractivity contribution in [3.63, 3.8) is 0 Å². The van der Waals surface area contributed by atoms with Crippen LogP contribution < -0.4 is 14.8 Å². The minimum atomic E-state index is -0.317. The third-order valence-corrected chi connectivity index (χ3v) is 5.30. The number of benzene rings is 2. The number of carbonyl (C=O) groups excluding carboxylic acids is 1. The van der Waals surface area contributed by atoms with Crippen molar-refractivity contribution in [3.8, 4) is 23.0 Å². The van der Waals surface area contributed by atoms with Crippen molar-refractivity contribution in [2.75, 3.05) is 32.6 Å². The van der Waals surface area contributed by atoms with E-state index < -0.39 is 0 Å². The zero-order chi connectivity index (χ0) is 21.8. The third-order valence-electron chi connectivity index (χ3n) is 5.30. The van der Waals surface area contributed by atoms with Crippen LogP contribution in [-0.2, 0) is 0 Å². The Kier molecular flexibility index (Phi) is 6.01. The molecule has 1 N–H and O–H groups in total. The summed E-state index contributed by atoms with van der Waals surface area (Å²) in [6.45, 7) is 1.14. The van der Waals surface area contributed by atoms with E-state index in [2.05, 4.69) is 15.5 Å². The average molecular weight is 426 g/mol. The number of piperidine rings is 1. The van der Waals surface area contributed by atoms with Gasteiger partial charge in [-0.25, -0.2) is 9.18 Å². The average Bonchev–Trinajstić information content (AvgIpc) is 3.30. The zero-order valence-electron chi connectivity index (χ0n) is 17.3. The molecule has 1 aliphatic rings. The molecule has 1 saturated heterocycles. The van der Waals surface area contributed by atoms with E-state index in [1.807, 2.05) is 0 Å². The summed E-state index contributed by atoms with van der Waals surface area (Å²) in [5.41, 5.74) is 1.30. The summed E-state index contributed by atoms with van der Waals surface area (Å²) in [4.78, 5) is 14.4. The molecule has 4 rings (SSSR count). The van der Waals surface area contributed by atoms with Gasteiger partial charge in [0.15, 0.2) is 11.5 Å². The smallest absolute Gasteiger partial charge is 0.321 e. The Morgan fingerprint density at radius 1 is 1.06 bits per heavy atom. The van der Waals surface area contributed by atoms with Crippen molar-refractivity contribution in [3.05, 3.63) is 54.2 Å². The van der Waals surface area contributed by atoms with Gasteiger partial charge in [-0.15, -0.1) is 10.2 Å². The maximum atomic E-state index is 13.1. The molecule has 1 fully saturated rings. The third kappa shape index (κ3) is 4.60. The molecule has 162 valence electrons. The first-order valence-electron chi connectivity index (χ1n) is 9.94. The van der Waals surface area contributed by atoms with Crippen molar-refractivity contribution in [2.45, 2.75) is 18.8 Å². The molecule has 3 aromatic rings. The molecule has 0 aliphatic carbocycles. The number of hydrogen-bond donors (Lipinski definition) is 1. The molecular weight excluding hydrogens is 403 g/mol. The van der Waals surface area contributed by atoms with Crippen LogP contribution in [0.4, 0.5) is 14.9 Å². The van der Waals surface area contributed by atoms with Gasteiger partial charge in [-0.1, -0.05) is 0 Å². The molecule has 8 nitrogen and oxygen atoms in total. The number of rotatable bonds is 5. The molecule has 0 bridgehead atoms. The highest BCUT2D eigenvalue weighted by molar-refractivity contribution is 5.89. The van der Waals surface area contributed by atoms with E-state index in [9.17, 15) is 9.18 Å². The first-order chi connectivity index (χ1) is 15.1. The normalized spacial score (nSPS) is 14.4. The first-order valence-corrected chi connectivity index (χ1v) is 9.94. The lowest BCUT2D eigenvalue weighted by atomic mass is 9.97. The van der Waals surface area contributed by atoms with E-state index in [0.717, 1.165) is 0 Å². The van der Waals surface area contributed by atoms with Crippen LogP contribution in [0.15, 0.2) is 46.9 Å². The van der Waals surface area contributed by atoms with E-state index in [0.29, 0.717) is 60.5 Å². The summed E-state index contributed by atoms with van der Waals surface area (Å²) in [7, 11) is 3.11. The van der Waals surface area contributed by atoms with Crippen LogP contribution in [0, 0.1) is 5.82 Å². The van der Waals surface area contributed by atoms with Crippen molar-refractivity contribution in [1.29, 1.82) is 0 Å². The van der Waals surface area contributed by atoms with Crippen molar-refractivity contribution in [1.82, 2.24) is 15.1 Å². The van der Waals surface area contributed by atoms with Crippen LogP contribution in [0.3, 0.4) is 0 Å². The highest BCUT2D eigenvalue weighted by Crippen LogP contribution is 2.31. The summed E-state index contributed by atoms with van der Waals surface area (Å²) in [6.07, 6.45) is 1.43. The van der Waals surface area contributed by atoms with E-state index >= 15 is 0 Å². The minimum Gasteiger partial charge on any atom is -0.493 e. The SMILES string of the molecule is COc1ccc(NC(=O)N2CCC(c3nnc(-c4ccc(F)cc4)o3)CC2)cc1OC. The topological polar surface area (TPSA) is 89.7 Å². The molecule has 2 aromatic carbocycles. The summed E-state index contributed by atoms with van der Waals surface area (Å²) in [6, 6.07) is 11.0. The maximum absolute atomic E-state index is 13.1. The van der Waals surface area contributed by atoms with Gasteiger partial charge in [-0.3, -0.25) is 0 Å². The molecule has 0 unspecified atom stereocenters. The number of aromatic nitrogens is 2. The molecule has 0 radical (unpaired) electrons. The number of halogens is 1. The number of carbonyl (C=O) groups is 1. The van der Waals surface area contributed by atoms with E-state index in [-0.39, 0.29) is 17.8 Å². The minimum absolute atomic E-state index is 0.0758. The molecule has 1 aromatic heterocycles. The van der Waals surface area contributed by atoms with Crippen LogP contribution >= 0.6 is 0 Å². The van der Waals surface area contributed by atoms with Crippen molar-refractivity contribution >= 4 is 11.7 Å². The van der Waals surface area contributed by atoms with Crippen LogP contribution in [0.5, 0.6) is 11.5 Å². The molecular formula is C22H23FN4O4. The zero-order valence-corrected chi connectivity index (χ0v) is 17.3. The molecule has 0 atom stereocenters. The summed E-state index contributed by atoms with van der Waals surface area (Å²) in [5, 5.41) is 11.1. The number of methoxy groups -OCH3 is 2. The quantitative estimate of drug-likeness (QED) is 0.654. The summed E-state index contributed by atoms with van der Waals surface area (Å²) in [5.74, 6) is 1.81. The Labute approximate surface area is 179 Å². The number of hydrogen-bond acceptors (Lipinski definition) is 6. The van der Waals surface area contributed by atoms with Gasteiger partial charge in [0, 0.05) is 36.3 Å². The van der Waals surface area contributed by atoms with Gasteiger partial charge in [0.25, 0.3) is 0 Å². The maximum Gasteiger partial charge on any atom is 0.321 e. The molecule has 0 saturated carbocycles. The number of urea groups is 1. The van der Waals surface area contributed by atoms with E-state index in [1.165, 1.54) is 12.1 Å². The number of nitrogens with one attached hydrogen (secondary N) is 1. The predicted molar refractivity (Wildman–Crippen MR) is 112 cm³/mol. The largest absolute Gasteiger partial charge is 0.493 e. The first kappa shape index (κ1) is 20.6. The summed E-state index contributed by atoms with van der Waals surface area (Å²) < 4.78 is 29.4. The standard InChI is InChI=1S/C22H23FN4O4/c1-29-18-8-7-17(13-19(18)30-2)24-22(28)27-11-9-15(10-12-27)21-26-25-20(31-21)14-3-5-16(23)6-4-14/h3-8,13,15H,9-12H2,1-2H3,(H,24,28). The van der Waals surface area contributed by atoms with Crippen LogP contribution in [-0.4, -0.2) is 48.4 Å². The lowest BCUT2D eigenvalue weighted by Crippen LogP contribution is -2.40. The van der Waals surface area contributed by atoms with E-state index in [4.69, 9.17) is 13.9 Å². The van der Waals surface area contributed by atoms with E-state index in [1.54, 1.807) is 49.5 Å². The number of ether oxygens (including phenoxy) is 2. The Morgan fingerprint density at radius 3 is 2.45 bits per heavy atom. The van der Waals surface area contributed by atoms with Crippen LogP contribution in [0.2, 0.25) is 0 Å². The number of nitrogens with zero attached hydrogens (tertiary/aromatic N) is 3. The van der Waals surface area contributed by atoms with Gasteiger partial charge in [0.2, 0.25) is 11.8 Å². The fraction of sp³-hybridized carbons (Fsp3) is 0.318. The molecule has 1 aliphatic heterocycles. The second kappa shape index (κ2) is 9.03. The fourth-order valence-corrected chi connectivity index (χ4v) is 3.55. The molecule has 2 heterocycles. The van der Waals surface area contributed by atoms with Gasteiger partial charge < -0.3 is 24.1 Å². The molecule has 31 heavy (non-hydrogen) atoms. The highest BCUT2D eigenvalue weighted by Gasteiger charge is 2.27. The highest BCUT2D eigenvalue weighted by atomic mass is 19.1. The van der Waals surface area contributed by atoms with Crippen molar-refractivity contribution < 1.29 is 23.1 Å². The number of anilines is 1. The lowest BCUT2D eigenvalue weighted by molar-refractivity contribution is 0.190. The monoisotopic (exact) mass is 426 g/mol. The van der Waals surface area contributed by atoms with Gasteiger partial charge in [0.1, 0.15) is 5.82 Å². The lowest BCUT2D eigenvalue weighted by Gasteiger charge is -2.30. The Hall–Kier alpha value is -3.62. The Bertz CT molecular complexity index is 1050. The van der Waals surface area contributed by atoms with Crippen LogP contribution in [0.25, 0.3) is 11.5 Å². The van der Waals surface area contributed by atoms with Crippen LogP contribution in [0.1, 0.15) is 24.7 Å². The molecule has 9 heteroatoms. The molecule has 2 amide bonds. The van der Waals surface area contributed by atoms with Gasteiger partial charge >= 0.3 is 6.03 Å². The number of likely N-dealkylation sites (tertiary alicyclic amines) is 1. The van der Waals surface area contributed by atoms with Crippen molar-refractivity contribution in [2.24, 2.45) is 0 Å². The second-order valence-electron chi connectivity index (χ2n) is 7.21. The predicted octanol–water partition coefficient (Wildman–Crippen LogP) is 4.30. The summed E-state index contributed by atoms with van der Waals surface area (Å²) >= 11 is 0. The van der Waals surface area contributed by atoms with Gasteiger partial charge in [0.05, 0.1) is 14.2 Å².